The average Bonchev–Trinajstić information content (AvgIpc) is 2.90. The van der Waals surface area contributed by atoms with E-state index >= 15 is 0 Å². The van der Waals surface area contributed by atoms with Crippen molar-refractivity contribution in [2.24, 2.45) is 0 Å². The Morgan fingerprint density at radius 1 is 0.972 bits per heavy atom. The zero-order valence-corrected chi connectivity index (χ0v) is 22.8. The summed E-state index contributed by atoms with van der Waals surface area (Å²) < 4.78 is 28.6. The van der Waals surface area contributed by atoms with E-state index < -0.39 is 10.0 Å². The van der Waals surface area contributed by atoms with Crippen LogP contribution >= 0.6 is 11.8 Å². The molecule has 0 spiro atoms. The van der Waals surface area contributed by atoms with Gasteiger partial charge in [-0.3, -0.25) is 9.10 Å². The zero-order chi connectivity index (χ0) is 25.7. The van der Waals surface area contributed by atoms with Crippen LogP contribution in [0.3, 0.4) is 0 Å². The first kappa shape index (κ1) is 26.3. The van der Waals surface area contributed by atoms with Crippen molar-refractivity contribution in [2.75, 3.05) is 17.1 Å². The van der Waals surface area contributed by atoms with Gasteiger partial charge in [0.05, 0.1) is 16.6 Å². The second-order valence-corrected chi connectivity index (χ2v) is 12.0. The minimum Gasteiger partial charge on any atom is -0.348 e. The van der Waals surface area contributed by atoms with Crippen molar-refractivity contribution < 1.29 is 13.2 Å². The largest absolute Gasteiger partial charge is 0.348 e. The number of benzene rings is 3. The van der Waals surface area contributed by atoms with E-state index in [9.17, 15) is 13.2 Å². The fraction of sp³-hybridized carbons (Fsp3) is 0.345. The van der Waals surface area contributed by atoms with Gasteiger partial charge < -0.3 is 5.32 Å². The lowest BCUT2D eigenvalue weighted by atomic mass is 9.89. The molecule has 1 N–H and O–H groups in total. The van der Waals surface area contributed by atoms with Gasteiger partial charge in [0.25, 0.3) is 10.0 Å². The molecular formula is C29H34N2O3S2. The predicted octanol–water partition coefficient (Wildman–Crippen LogP) is 6.06. The molecule has 0 fully saturated rings. The molecule has 0 saturated heterocycles. The molecule has 3 aromatic carbocycles. The third kappa shape index (κ3) is 5.95. The summed E-state index contributed by atoms with van der Waals surface area (Å²) in [4.78, 5) is 14.4. The number of sulfonamides is 1. The summed E-state index contributed by atoms with van der Waals surface area (Å²) in [5, 5.41) is 3.09. The number of nitrogens with zero attached hydrogens (tertiary/aromatic N) is 1. The Hall–Kier alpha value is -2.77. The van der Waals surface area contributed by atoms with Crippen molar-refractivity contribution in [3.05, 3.63) is 89.0 Å². The highest BCUT2D eigenvalue weighted by Crippen LogP contribution is 2.28. The number of amides is 1. The average molecular weight is 523 g/mol. The molecule has 1 aliphatic carbocycles. The molecule has 0 bridgehead atoms. The smallest absolute Gasteiger partial charge is 0.264 e. The molecule has 4 rings (SSSR count). The van der Waals surface area contributed by atoms with Gasteiger partial charge in [0, 0.05) is 4.90 Å². The lowest BCUT2D eigenvalue weighted by molar-refractivity contribution is -0.120. The van der Waals surface area contributed by atoms with Crippen molar-refractivity contribution in [1.82, 2.24) is 5.32 Å². The van der Waals surface area contributed by atoms with Crippen molar-refractivity contribution in [3.63, 3.8) is 0 Å². The van der Waals surface area contributed by atoms with Gasteiger partial charge in [-0.05, 0) is 98.4 Å². The molecule has 190 valence electrons. The predicted molar refractivity (Wildman–Crippen MR) is 148 cm³/mol. The fourth-order valence-electron chi connectivity index (χ4n) is 4.66. The van der Waals surface area contributed by atoms with E-state index in [2.05, 4.69) is 23.5 Å². The SMILES string of the molecule is CCC(NC(=O)CN(c1ccc(C)cc1)S(=O)(=O)c1ccc(SC)cc1)c1ccc2c(c1)CCCC2. The van der Waals surface area contributed by atoms with Crippen molar-refractivity contribution in [3.8, 4) is 0 Å². The number of aryl methyl sites for hydroxylation is 3. The first-order chi connectivity index (χ1) is 17.3. The van der Waals surface area contributed by atoms with Crippen molar-refractivity contribution >= 4 is 33.4 Å². The topological polar surface area (TPSA) is 66.5 Å². The lowest BCUT2D eigenvalue weighted by Gasteiger charge is -2.26. The summed E-state index contributed by atoms with van der Waals surface area (Å²) in [5.41, 5.74) is 5.32. The van der Waals surface area contributed by atoms with Crippen LogP contribution in [0.25, 0.3) is 0 Å². The molecule has 0 radical (unpaired) electrons. The molecule has 7 heteroatoms. The van der Waals surface area contributed by atoms with Gasteiger partial charge in [0.15, 0.2) is 0 Å². The Labute approximate surface area is 219 Å². The van der Waals surface area contributed by atoms with E-state index in [1.54, 1.807) is 48.2 Å². The normalized spacial score (nSPS) is 14.1. The molecule has 3 aromatic rings. The van der Waals surface area contributed by atoms with E-state index in [1.165, 1.54) is 28.3 Å². The highest BCUT2D eigenvalue weighted by molar-refractivity contribution is 7.98. The Kier molecular flexibility index (Phi) is 8.42. The van der Waals surface area contributed by atoms with Gasteiger partial charge >= 0.3 is 0 Å². The molecular weight excluding hydrogens is 488 g/mol. The molecule has 1 aliphatic rings. The van der Waals surface area contributed by atoms with Crippen LogP contribution in [0.5, 0.6) is 0 Å². The molecule has 0 aliphatic heterocycles. The summed E-state index contributed by atoms with van der Waals surface area (Å²) in [6.07, 6.45) is 7.27. The lowest BCUT2D eigenvalue weighted by Crippen LogP contribution is -2.42. The molecule has 0 aromatic heterocycles. The van der Waals surface area contributed by atoms with Crippen molar-refractivity contribution in [1.29, 1.82) is 0 Å². The van der Waals surface area contributed by atoms with Crippen molar-refractivity contribution in [2.45, 2.75) is 61.8 Å². The molecule has 5 nitrogen and oxygen atoms in total. The highest BCUT2D eigenvalue weighted by Gasteiger charge is 2.28. The van der Waals surface area contributed by atoms with Crippen LogP contribution in [0.1, 0.15) is 54.5 Å². The van der Waals surface area contributed by atoms with Crippen LogP contribution in [0, 0.1) is 6.92 Å². The van der Waals surface area contributed by atoms with Crippen LogP contribution in [0.15, 0.2) is 76.5 Å². The van der Waals surface area contributed by atoms with Gasteiger partial charge in [-0.2, -0.15) is 0 Å². The summed E-state index contributed by atoms with van der Waals surface area (Å²) in [6, 6.07) is 20.3. The number of carbonyl (C=O) groups excluding carboxylic acids is 1. The van der Waals surface area contributed by atoms with E-state index in [0.29, 0.717) is 5.69 Å². The number of anilines is 1. The van der Waals surface area contributed by atoms with Crippen LogP contribution in [-0.4, -0.2) is 27.1 Å². The first-order valence-corrected chi connectivity index (χ1v) is 15.1. The first-order valence-electron chi connectivity index (χ1n) is 12.5. The minimum atomic E-state index is -3.94. The number of thioether (sulfide) groups is 1. The molecule has 1 atom stereocenters. The number of rotatable bonds is 9. The van der Waals surface area contributed by atoms with E-state index in [4.69, 9.17) is 0 Å². The van der Waals surface area contributed by atoms with E-state index in [1.807, 2.05) is 32.2 Å². The standard InChI is InChI=1S/C29H34N2O3S2/c1-4-28(24-12-11-22-7-5-6-8-23(22)19-24)30-29(32)20-31(25-13-9-21(2)10-14-25)36(33,34)27-17-15-26(35-3)16-18-27/h9-19,28H,4-8,20H2,1-3H3,(H,30,32). The maximum Gasteiger partial charge on any atom is 0.264 e. The summed E-state index contributed by atoms with van der Waals surface area (Å²) in [7, 11) is -3.94. The van der Waals surface area contributed by atoms with E-state index in [-0.39, 0.29) is 23.4 Å². The Morgan fingerprint density at radius 2 is 1.64 bits per heavy atom. The monoisotopic (exact) mass is 522 g/mol. The van der Waals surface area contributed by atoms with Gasteiger partial charge in [0.2, 0.25) is 5.91 Å². The molecule has 1 unspecified atom stereocenters. The Morgan fingerprint density at radius 3 is 2.28 bits per heavy atom. The quantitative estimate of drug-likeness (QED) is 0.347. The summed E-state index contributed by atoms with van der Waals surface area (Å²) >= 11 is 1.55. The fourth-order valence-corrected chi connectivity index (χ4v) is 6.49. The van der Waals surface area contributed by atoms with Gasteiger partial charge in [-0.25, -0.2) is 8.42 Å². The molecule has 36 heavy (non-hydrogen) atoms. The number of fused-ring (bicyclic) bond motifs is 1. The minimum absolute atomic E-state index is 0.162. The van der Waals surface area contributed by atoms with E-state index in [0.717, 1.165) is 35.3 Å². The third-order valence-electron chi connectivity index (χ3n) is 6.77. The van der Waals surface area contributed by atoms with Crippen LogP contribution < -0.4 is 9.62 Å². The maximum atomic E-state index is 13.7. The van der Waals surface area contributed by atoms with Gasteiger partial charge in [0.1, 0.15) is 6.54 Å². The highest BCUT2D eigenvalue weighted by atomic mass is 32.2. The van der Waals surface area contributed by atoms with Crippen LogP contribution in [-0.2, 0) is 27.7 Å². The maximum absolute atomic E-state index is 13.7. The third-order valence-corrected chi connectivity index (χ3v) is 9.31. The Bertz CT molecular complexity index is 1300. The molecule has 0 saturated carbocycles. The zero-order valence-electron chi connectivity index (χ0n) is 21.2. The van der Waals surface area contributed by atoms with Gasteiger partial charge in [-0.1, -0.05) is 42.8 Å². The molecule has 1 amide bonds. The second kappa shape index (κ2) is 11.5. The molecule has 0 heterocycles. The van der Waals surface area contributed by atoms with Gasteiger partial charge in [-0.15, -0.1) is 11.8 Å². The number of nitrogens with one attached hydrogen (secondary N) is 1. The second-order valence-electron chi connectivity index (χ2n) is 9.29. The summed E-state index contributed by atoms with van der Waals surface area (Å²) in [5.74, 6) is -0.329. The Balaban J connectivity index is 1.59. The number of carbonyl (C=O) groups is 1. The number of hydrogen-bond donors (Lipinski definition) is 1. The number of hydrogen-bond acceptors (Lipinski definition) is 4. The van der Waals surface area contributed by atoms with Crippen LogP contribution in [0.4, 0.5) is 5.69 Å². The summed E-state index contributed by atoms with van der Waals surface area (Å²) in [6.45, 7) is 3.68. The van der Waals surface area contributed by atoms with Crippen LogP contribution in [0.2, 0.25) is 0 Å².